The first kappa shape index (κ1) is 22.5. The van der Waals surface area contributed by atoms with E-state index in [-0.39, 0.29) is 0 Å². The number of rotatable bonds is 11. The molecule has 0 nitrogen and oxygen atoms in total. The molecule has 0 aromatic heterocycles. The molecule has 2 rings (SSSR count). The maximum Gasteiger partial charge on any atom is -0.0274 e. The molecule has 0 heteroatoms. The van der Waals surface area contributed by atoms with Gasteiger partial charge in [-0.25, -0.2) is 0 Å². The lowest BCUT2D eigenvalue weighted by molar-refractivity contribution is 0.357. The summed E-state index contributed by atoms with van der Waals surface area (Å²) >= 11 is 0. The molecule has 1 aromatic carbocycles. The molecule has 0 bridgehead atoms. The van der Waals surface area contributed by atoms with Crippen LogP contribution in [0.1, 0.15) is 120 Å². The van der Waals surface area contributed by atoms with E-state index in [9.17, 15) is 0 Å². The predicted molar refractivity (Wildman–Crippen MR) is 122 cm³/mol. The first-order valence-electron chi connectivity index (χ1n) is 11.7. The number of hydrogen-bond donors (Lipinski definition) is 0. The van der Waals surface area contributed by atoms with E-state index in [1.165, 1.54) is 82.6 Å². The highest BCUT2D eigenvalue weighted by molar-refractivity contribution is 5.44. The Morgan fingerprint density at radius 3 is 2.07 bits per heavy atom. The van der Waals surface area contributed by atoms with Gasteiger partial charge in [-0.15, -0.1) is 0 Å². The monoisotopic (exact) mass is 370 g/mol. The van der Waals surface area contributed by atoms with E-state index in [0.29, 0.717) is 5.41 Å². The van der Waals surface area contributed by atoms with E-state index in [1.54, 1.807) is 22.3 Å². The largest absolute Gasteiger partial charge is 0.0602 e. The number of unbranched alkanes of at least 4 members (excludes halogenated alkanes) is 4. The lowest BCUT2D eigenvalue weighted by Crippen LogP contribution is -2.04. The normalized spacial score (nSPS) is 16.0. The smallest absolute Gasteiger partial charge is 0.0274 e. The lowest BCUT2D eigenvalue weighted by atomic mass is 9.87. The van der Waals surface area contributed by atoms with Crippen molar-refractivity contribution < 1.29 is 0 Å². The van der Waals surface area contributed by atoms with Crippen LogP contribution in [-0.2, 0) is 12.8 Å². The second kappa shape index (κ2) is 9.62. The first-order valence-corrected chi connectivity index (χ1v) is 11.7. The average Bonchev–Trinajstić information content (AvgIpc) is 3.31. The second-order valence-electron chi connectivity index (χ2n) is 11.1. The van der Waals surface area contributed by atoms with Crippen molar-refractivity contribution in [2.45, 2.75) is 126 Å². The molecule has 1 aliphatic rings. The molecule has 1 aliphatic carbocycles. The Morgan fingerprint density at radius 2 is 1.44 bits per heavy atom. The molecule has 0 heterocycles. The summed E-state index contributed by atoms with van der Waals surface area (Å²) in [5.41, 5.74) is 9.15. The Labute approximate surface area is 170 Å². The van der Waals surface area contributed by atoms with E-state index in [2.05, 4.69) is 54.5 Å². The molecular formula is C27H46. The van der Waals surface area contributed by atoms with Gasteiger partial charge in [0.25, 0.3) is 0 Å². The molecule has 1 fully saturated rings. The molecular weight excluding hydrogens is 324 g/mol. The molecule has 1 aromatic rings. The van der Waals surface area contributed by atoms with Gasteiger partial charge in [-0.3, -0.25) is 0 Å². The highest BCUT2D eigenvalue weighted by Gasteiger charge is 2.35. The number of benzene rings is 1. The van der Waals surface area contributed by atoms with Gasteiger partial charge in [0.2, 0.25) is 0 Å². The van der Waals surface area contributed by atoms with Crippen LogP contribution < -0.4 is 0 Å². The minimum Gasteiger partial charge on any atom is -0.0602 e. The van der Waals surface area contributed by atoms with Crippen LogP contribution in [0.4, 0.5) is 0 Å². The maximum absolute atomic E-state index is 2.51. The van der Waals surface area contributed by atoms with Crippen LogP contribution in [0.25, 0.3) is 0 Å². The molecule has 0 spiro atoms. The van der Waals surface area contributed by atoms with Gasteiger partial charge in [0.1, 0.15) is 0 Å². The summed E-state index contributed by atoms with van der Waals surface area (Å²) in [4.78, 5) is 0. The average molecular weight is 371 g/mol. The molecule has 0 saturated heterocycles. The molecule has 27 heavy (non-hydrogen) atoms. The SMILES string of the molecule is Cc1cc(CCCCC2(C)CC2)c(C)c(C)c1CCCCCCC(C)(C)C. The van der Waals surface area contributed by atoms with Gasteiger partial charge in [-0.1, -0.05) is 59.4 Å². The summed E-state index contributed by atoms with van der Waals surface area (Å²) in [6.45, 7) is 16.6. The fourth-order valence-electron chi connectivity index (χ4n) is 4.51. The summed E-state index contributed by atoms with van der Waals surface area (Å²) in [5, 5.41) is 0. The molecule has 0 aliphatic heterocycles. The Hall–Kier alpha value is -0.780. The Kier molecular flexibility index (Phi) is 8.02. The number of aryl methyl sites for hydroxylation is 2. The van der Waals surface area contributed by atoms with E-state index in [4.69, 9.17) is 0 Å². The molecule has 0 radical (unpaired) electrons. The zero-order valence-corrected chi connectivity index (χ0v) is 19.6. The number of hydrogen-bond acceptors (Lipinski definition) is 0. The molecule has 154 valence electrons. The molecule has 1 saturated carbocycles. The van der Waals surface area contributed by atoms with Crippen molar-refractivity contribution in [2.24, 2.45) is 10.8 Å². The van der Waals surface area contributed by atoms with Gasteiger partial charge in [0, 0.05) is 0 Å². The quantitative estimate of drug-likeness (QED) is 0.342. The van der Waals surface area contributed by atoms with Crippen LogP contribution >= 0.6 is 0 Å². The Balaban J connectivity index is 1.78. The Morgan fingerprint density at radius 1 is 0.815 bits per heavy atom. The van der Waals surface area contributed by atoms with Crippen LogP contribution in [0.5, 0.6) is 0 Å². The van der Waals surface area contributed by atoms with Gasteiger partial charge >= 0.3 is 0 Å². The summed E-state index contributed by atoms with van der Waals surface area (Å²) in [7, 11) is 0. The molecule has 0 N–H and O–H groups in total. The maximum atomic E-state index is 2.51. The van der Waals surface area contributed by atoms with Crippen molar-refractivity contribution in [1.29, 1.82) is 0 Å². The van der Waals surface area contributed by atoms with Crippen LogP contribution in [0.15, 0.2) is 6.07 Å². The zero-order valence-electron chi connectivity index (χ0n) is 19.6. The summed E-state index contributed by atoms with van der Waals surface area (Å²) < 4.78 is 0. The second-order valence-corrected chi connectivity index (χ2v) is 11.1. The third kappa shape index (κ3) is 7.63. The van der Waals surface area contributed by atoms with Gasteiger partial charge in [0.05, 0.1) is 0 Å². The molecule has 0 amide bonds. The minimum absolute atomic E-state index is 0.497. The van der Waals surface area contributed by atoms with Crippen molar-refractivity contribution >= 4 is 0 Å². The van der Waals surface area contributed by atoms with Gasteiger partial charge < -0.3 is 0 Å². The van der Waals surface area contributed by atoms with Crippen molar-refractivity contribution in [3.8, 4) is 0 Å². The topological polar surface area (TPSA) is 0 Å². The summed E-state index contributed by atoms with van der Waals surface area (Å²) in [5.74, 6) is 0. The third-order valence-electron chi connectivity index (χ3n) is 7.05. The van der Waals surface area contributed by atoms with Crippen molar-refractivity contribution in [3.05, 3.63) is 33.9 Å². The first-order chi connectivity index (χ1) is 12.6. The molecule has 0 atom stereocenters. The van der Waals surface area contributed by atoms with E-state index in [1.807, 2.05) is 0 Å². The van der Waals surface area contributed by atoms with E-state index >= 15 is 0 Å². The van der Waals surface area contributed by atoms with Crippen molar-refractivity contribution in [1.82, 2.24) is 0 Å². The lowest BCUT2D eigenvalue weighted by Gasteiger charge is -2.18. The van der Waals surface area contributed by atoms with Crippen molar-refractivity contribution in [3.63, 3.8) is 0 Å². The van der Waals surface area contributed by atoms with E-state index in [0.717, 1.165) is 5.41 Å². The Bertz CT molecular complexity index is 595. The van der Waals surface area contributed by atoms with Crippen LogP contribution in [0.3, 0.4) is 0 Å². The van der Waals surface area contributed by atoms with E-state index < -0.39 is 0 Å². The van der Waals surface area contributed by atoms with Gasteiger partial charge in [-0.2, -0.15) is 0 Å². The van der Waals surface area contributed by atoms with Crippen LogP contribution in [-0.4, -0.2) is 0 Å². The van der Waals surface area contributed by atoms with Gasteiger partial charge in [-0.05, 0) is 111 Å². The van der Waals surface area contributed by atoms with Crippen LogP contribution in [0, 0.1) is 31.6 Å². The van der Waals surface area contributed by atoms with Crippen molar-refractivity contribution in [2.75, 3.05) is 0 Å². The predicted octanol–water partition coefficient (Wildman–Crippen LogP) is 8.66. The fraction of sp³-hybridized carbons (Fsp3) is 0.778. The highest BCUT2D eigenvalue weighted by atomic mass is 14.4. The highest BCUT2D eigenvalue weighted by Crippen LogP contribution is 2.49. The summed E-state index contributed by atoms with van der Waals surface area (Å²) in [6.07, 6.45) is 16.6. The minimum atomic E-state index is 0.497. The zero-order chi connectivity index (χ0) is 20.1. The standard InChI is InChI=1S/C27H46/c1-21-20-24(14-11-13-17-27(7)18-19-27)22(2)23(3)25(21)15-10-8-9-12-16-26(4,5)6/h20H,8-19H2,1-7H3. The van der Waals surface area contributed by atoms with Gasteiger partial charge in [0.15, 0.2) is 0 Å². The molecule has 0 unspecified atom stereocenters. The van der Waals surface area contributed by atoms with Crippen LogP contribution in [0.2, 0.25) is 0 Å². The fourth-order valence-corrected chi connectivity index (χ4v) is 4.51. The summed E-state index contributed by atoms with van der Waals surface area (Å²) in [6, 6.07) is 2.51. The third-order valence-corrected chi connectivity index (χ3v) is 7.05.